The average molecular weight is 831 g/mol. The number of para-hydroxylation sites is 2. The summed E-state index contributed by atoms with van der Waals surface area (Å²) in [6.45, 7) is 8.46. The molecule has 248 valence electrons. The van der Waals surface area contributed by atoms with E-state index in [2.05, 4.69) is 127 Å². The summed E-state index contributed by atoms with van der Waals surface area (Å²) in [5.41, 5.74) is 7.10. The molecule has 0 unspecified atom stereocenters. The zero-order valence-corrected chi connectivity index (χ0v) is 30.1. The summed E-state index contributed by atoms with van der Waals surface area (Å²) in [4.78, 5) is 9.08. The van der Waals surface area contributed by atoms with Crippen molar-refractivity contribution >= 4 is 45.6 Å². The first-order valence-electron chi connectivity index (χ1n) is 16.5. The molecule has 0 spiro atoms. The van der Waals surface area contributed by atoms with Gasteiger partial charge in [-0.25, -0.2) is 4.98 Å². The van der Waals surface area contributed by atoms with Gasteiger partial charge in [0.25, 0.3) is 0 Å². The van der Waals surface area contributed by atoms with Crippen LogP contribution in [0.25, 0.3) is 27.6 Å². The summed E-state index contributed by atoms with van der Waals surface area (Å²) in [5.74, 6) is 2.74. The van der Waals surface area contributed by atoms with Gasteiger partial charge in [0.05, 0.1) is 0 Å². The quantitative estimate of drug-likeness (QED) is 0.128. The first-order chi connectivity index (χ1) is 23.9. The molecule has 2 aromatic heterocycles. The van der Waals surface area contributed by atoms with E-state index in [1.54, 1.807) is 0 Å². The molecule has 0 bridgehead atoms. The fourth-order valence-electron chi connectivity index (χ4n) is 6.69. The second-order valence-electron chi connectivity index (χ2n) is 13.4. The SMILES string of the molecule is CC(C)(C)c1ccnc(-n2c3[c-]c(Oc4[c-]c5c(cc4)OB(c4ccccc4)C4=CN(c6ccccc6)[CH-]N45)ccc3c3ccccc32)c1.[Pt]. The number of rotatable bonds is 5. The molecular weight excluding hydrogens is 798 g/mol. The molecule has 6 nitrogen and oxygen atoms in total. The van der Waals surface area contributed by atoms with E-state index >= 15 is 0 Å². The fraction of sp³-hybridized carbons (Fsp3) is 0.0952. The van der Waals surface area contributed by atoms with Crippen LogP contribution in [0.15, 0.2) is 139 Å². The van der Waals surface area contributed by atoms with Crippen molar-refractivity contribution in [1.29, 1.82) is 0 Å². The fourth-order valence-corrected chi connectivity index (χ4v) is 6.69. The van der Waals surface area contributed by atoms with Crippen molar-refractivity contribution in [3.63, 3.8) is 0 Å². The molecule has 9 rings (SSSR count). The molecule has 2 aliphatic heterocycles. The standard InChI is InChI=1S/C42H32BN4O2.Pt/c1-42(2,3)29-22-23-44-41(24-29)47-36-17-11-10-16-34(36)35-20-18-32(25-37(35)47)48-33-19-21-39-38(26-33)46-28-45(31-14-8-5-9-15-31)27-40(46)43(49-39)30-12-6-4-7-13-30;/h4-24,27-28H,1-3H3;/q-3;. The van der Waals surface area contributed by atoms with Crippen LogP contribution in [0.3, 0.4) is 0 Å². The number of aromatic nitrogens is 2. The molecule has 50 heavy (non-hydrogen) atoms. The summed E-state index contributed by atoms with van der Waals surface area (Å²) in [6.07, 6.45) is 4.01. The van der Waals surface area contributed by atoms with Crippen LogP contribution in [0.1, 0.15) is 26.3 Å². The van der Waals surface area contributed by atoms with E-state index in [0.717, 1.165) is 55.8 Å². The Morgan fingerprint density at radius 2 is 1.50 bits per heavy atom. The molecular formula is C42H32BN4O2Pt-3. The van der Waals surface area contributed by atoms with Gasteiger partial charge in [0, 0.05) is 61.3 Å². The minimum atomic E-state index is -0.276. The summed E-state index contributed by atoms with van der Waals surface area (Å²) in [6, 6.07) is 48.3. The van der Waals surface area contributed by atoms with Crippen LogP contribution in [0, 0.1) is 18.8 Å². The topological polar surface area (TPSA) is 42.8 Å². The number of ether oxygens (including phenoxy) is 1. The first kappa shape index (κ1) is 32.0. The molecule has 4 heterocycles. The number of pyridine rings is 1. The molecule has 0 fully saturated rings. The Kier molecular flexibility index (Phi) is 8.04. The minimum Gasteiger partial charge on any atom is -0.612 e. The van der Waals surface area contributed by atoms with Gasteiger partial charge >= 0.3 is 6.92 Å². The molecule has 2 aliphatic rings. The normalized spacial score (nSPS) is 13.8. The largest absolute Gasteiger partial charge is 0.612 e. The summed E-state index contributed by atoms with van der Waals surface area (Å²) >= 11 is 0. The number of anilines is 2. The third-order valence-corrected chi connectivity index (χ3v) is 9.18. The maximum absolute atomic E-state index is 6.65. The van der Waals surface area contributed by atoms with Crippen molar-refractivity contribution in [2.45, 2.75) is 26.2 Å². The van der Waals surface area contributed by atoms with Gasteiger partial charge in [-0.15, -0.1) is 42.4 Å². The Bertz CT molecular complexity index is 2390. The van der Waals surface area contributed by atoms with Gasteiger partial charge in [-0.3, -0.25) is 0 Å². The Morgan fingerprint density at radius 3 is 2.30 bits per heavy atom. The van der Waals surface area contributed by atoms with E-state index in [0.29, 0.717) is 11.5 Å². The van der Waals surface area contributed by atoms with Gasteiger partial charge in [0.2, 0.25) is 0 Å². The van der Waals surface area contributed by atoms with Crippen LogP contribution < -0.4 is 24.7 Å². The van der Waals surface area contributed by atoms with Gasteiger partial charge in [-0.1, -0.05) is 98.7 Å². The van der Waals surface area contributed by atoms with E-state index in [4.69, 9.17) is 14.4 Å². The Morgan fingerprint density at radius 1 is 0.780 bits per heavy atom. The predicted octanol–water partition coefficient (Wildman–Crippen LogP) is 8.98. The summed E-state index contributed by atoms with van der Waals surface area (Å²) in [7, 11) is 0. The smallest absolute Gasteiger partial charge is 0.430 e. The monoisotopic (exact) mass is 830 g/mol. The third-order valence-electron chi connectivity index (χ3n) is 9.18. The number of benzene rings is 5. The second kappa shape index (κ2) is 12.6. The third kappa shape index (κ3) is 5.56. The van der Waals surface area contributed by atoms with Crippen LogP contribution in [0.2, 0.25) is 0 Å². The number of hydrogen-bond acceptors (Lipinski definition) is 5. The summed E-state index contributed by atoms with van der Waals surface area (Å²) in [5, 5.41) is 2.23. The van der Waals surface area contributed by atoms with Gasteiger partial charge in [-0.2, -0.15) is 6.07 Å². The first-order valence-corrected chi connectivity index (χ1v) is 16.5. The van der Waals surface area contributed by atoms with Crippen LogP contribution >= 0.6 is 0 Å². The van der Waals surface area contributed by atoms with E-state index in [-0.39, 0.29) is 33.4 Å². The van der Waals surface area contributed by atoms with E-state index < -0.39 is 0 Å². The van der Waals surface area contributed by atoms with E-state index in [1.807, 2.05) is 60.8 Å². The van der Waals surface area contributed by atoms with Gasteiger partial charge in [0.15, 0.2) is 0 Å². The summed E-state index contributed by atoms with van der Waals surface area (Å²) < 4.78 is 15.3. The molecule has 8 heteroatoms. The van der Waals surface area contributed by atoms with Crippen molar-refractivity contribution < 1.29 is 30.5 Å². The second-order valence-corrected chi connectivity index (χ2v) is 13.4. The zero-order chi connectivity index (χ0) is 33.1. The molecule has 0 N–H and O–H groups in total. The molecule has 0 saturated heterocycles. The van der Waals surface area contributed by atoms with Gasteiger partial charge in [-0.05, 0) is 58.4 Å². The average Bonchev–Trinajstić information content (AvgIpc) is 3.72. The zero-order valence-electron chi connectivity index (χ0n) is 27.8. The maximum Gasteiger partial charge on any atom is 0.430 e. The molecule has 0 saturated carbocycles. The van der Waals surface area contributed by atoms with Crippen molar-refractivity contribution in [3.8, 4) is 23.1 Å². The van der Waals surface area contributed by atoms with E-state index in [9.17, 15) is 0 Å². The van der Waals surface area contributed by atoms with Crippen LogP contribution in [-0.2, 0) is 26.5 Å². The minimum absolute atomic E-state index is 0. The van der Waals surface area contributed by atoms with E-state index in [1.165, 1.54) is 5.56 Å². The molecule has 0 radical (unpaired) electrons. The van der Waals surface area contributed by atoms with Gasteiger partial charge < -0.3 is 23.8 Å². The molecule has 0 aliphatic carbocycles. The molecule has 5 aromatic carbocycles. The number of nitrogens with zero attached hydrogens (tertiary/aromatic N) is 4. The predicted molar refractivity (Wildman–Crippen MR) is 198 cm³/mol. The molecule has 0 amide bonds. The number of hydrogen-bond donors (Lipinski definition) is 0. The Hall–Kier alpha value is -5.26. The van der Waals surface area contributed by atoms with Gasteiger partial charge in [0.1, 0.15) is 5.82 Å². The van der Waals surface area contributed by atoms with Crippen molar-refractivity contribution in [2.24, 2.45) is 0 Å². The van der Waals surface area contributed by atoms with Crippen molar-refractivity contribution in [2.75, 3.05) is 9.80 Å². The van der Waals surface area contributed by atoms with Crippen LogP contribution in [0.5, 0.6) is 17.2 Å². The Labute approximate surface area is 307 Å². The van der Waals surface area contributed by atoms with Crippen molar-refractivity contribution in [3.05, 3.63) is 164 Å². The number of fused-ring (bicyclic) bond motifs is 6. The van der Waals surface area contributed by atoms with Crippen LogP contribution in [0.4, 0.5) is 11.4 Å². The van der Waals surface area contributed by atoms with Crippen molar-refractivity contribution in [1.82, 2.24) is 9.55 Å². The Balaban J connectivity index is 0.00000361. The maximum atomic E-state index is 6.65. The molecule has 7 aromatic rings. The molecule has 0 atom stereocenters. The van der Waals surface area contributed by atoms with Crippen LogP contribution in [-0.4, -0.2) is 16.5 Å².